The first-order chi connectivity index (χ1) is 14.5. The lowest BCUT2D eigenvalue weighted by Gasteiger charge is -2.25. The third-order valence-electron chi connectivity index (χ3n) is 4.55. The number of benzene rings is 2. The Labute approximate surface area is 178 Å². The molecule has 3 aromatic rings. The van der Waals surface area contributed by atoms with E-state index in [0.717, 1.165) is 15.8 Å². The molecule has 0 aliphatic carbocycles. The van der Waals surface area contributed by atoms with Crippen molar-refractivity contribution in [3.05, 3.63) is 59.4 Å². The van der Waals surface area contributed by atoms with Crippen LogP contribution in [0.1, 0.15) is 31.0 Å². The zero-order chi connectivity index (χ0) is 21.7. The number of thiazole rings is 1. The highest BCUT2D eigenvalue weighted by Gasteiger charge is 2.40. The van der Waals surface area contributed by atoms with E-state index in [1.54, 1.807) is 26.0 Å². The predicted molar refractivity (Wildman–Crippen MR) is 114 cm³/mol. The Kier molecular flexibility index (Phi) is 6.99. The molecule has 30 heavy (non-hydrogen) atoms. The molecule has 3 rings (SSSR count). The summed E-state index contributed by atoms with van der Waals surface area (Å²) in [4.78, 5) is 30.0. The fraction of sp³-hybridized carbons (Fsp3) is 0.318. The lowest BCUT2D eigenvalue weighted by Crippen LogP contribution is -2.37. The normalized spacial score (nSPS) is 12.0. The van der Waals surface area contributed by atoms with Crippen molar-refractivity contribution in [1.82, 2.24) is 4.98 Å². The van der Waals surface area contributed by atoms with Gasteiger partial charge in [0, 0.05) is 5.56 Å². The number of nitrogens with zero attached hydrogens (tertiary/aromatic N) is 1. The number of carbonyl (C=O) groups excluding carboxylic acids is 2. The zero-order valence-electron chi connectivity index (χ0n) is 17.0. The van der Waals surface area contributed by atoms with Crippen LogP contribution in [0.25, 0.3) is 10.2 Å². The molecule has 0 aliphatic heterocycles. The number of hydrogen-bond acceptors (Lipinski definition) is 7. The molecule has 0 aliphatic rings. The number of aryl methyl sites for hydroxylation is 1. The van der Waals surface area contributed by atoms with E-state index < -0.39 is 29.7 Å². The number of hydrogen-bond donors (Lipinski definition) is 1. The van der Waals surface area contributed by atoms with E-state index in [9.17, 15) is 14.0 Å². The second-order valence-corrected chi connectivity index (χ2v) is 7.60. The third-order valence-corrected chi connectivity index (χ3v) is 5.51. The van der Waals surface area contributed by atoms with Crippen LogP contribution in [-0.2, 0) is 19.1 Å². The van der Waals surface area contributed by atoms with Gasteiger partial charge in [-0.2, -0.15) is 0 Å². The molecule has 0 saturated heterocycles. The maximum Gasteiger partial charge on any atom is 0.322 e. The van der Waals surface area contributed by atoms with Gasteiger partial charge in [-0.25, -0.2) is 9.37 Å². The van der Waals surface area contributed by atoms with E-state index in [-0.39, 0.29) is 18.8 Å². The first-order valence-corrected chi connectivity index (χ1v) is 10.5. The van der Waals surface area contributed by atoms with Crippen LogP contribution < -0.4 is 5.32 Å². The summed E-state index contributed by atoms with van der Waals surface area (Å²) in [5, 5.41) is 3.56. The van der Waals surface area contributed by atoms with Crippen LogP contribution in [0.4, 0.5) is 9.52 Å². The van der Waals surface area contributed by atoms with E-state index in [1.165, 1.54) is 23.5 Å². The number of anilines is 1. The molecule has 0 radical (unpaired) electrons. The number of esters is 2. The van der Waals surface area contributed by atoms with Crippen molar-refractivity contribution >= 4 is 38.6 Å². The molecule has 6 nitrogen and oxygen atoms in total. The topological polar surface area (TPSA) is 77.5 Å². The molecule has 0 fully saturated rings. The van der Waals surface area contributed by atoms with Gasteiger partial charge in [-0.1, -0.05) is 41.7 Å². The summed E-state index contributed by atoms with van der Waals surface area (Å²) in [6.07, 6.45) is 0. The van der Waals surface area contributed by atoms with Crippen LogP contribution in [0.15, 0.2) is 42.5 Å². The third kappa shape index (κ3) is 4.59. The van der Waals surface area contributed by atoms with Crippen molar-refractivity contribution in [2.24, 2.45) is 5.92 Å². The number of rotatable bonds is 8. The first-order valence-electron chi connectivity index (χ1n) is 9.66. The smallest absolute Gasteiger partial charge is 0.322 e. The Balaban J connectivity index is 2.08. The molecule has 0 saturated carbocycles. The average molecular weight is 431 g/mol. The SMILES string of the molecule is CCOC(=O)C(C(=O)OCC)[C@@H](Nc1nc2c(C)cccc2s1)c1ccccc1F. The number of fused-ring (bicyclic) bond motifs is 1. The summed E-state index contributed by atoms with van der Waals surface area (Å²) in [5.74, 6) is -3.51. The van der Waals surface area contributed by atoms with Crippen LogP contribution in [0.3, 0.4) is 0 Å². The molecule has 1 aromatic heterocycles. The monoisotopic (exact) mass is 430 g/mol. The van der Waals surface area contributed by atoms with Crippen molar-refractivity contribution < 1.29 is 23.5 Å². The minimum absolute atomic E-state index is 0.0824. The number of carbonyl (C=O) groups is 2. The van der Waals surface area contributed by atoms with Gasteiger partial charge in [0.05, 0.1) is 29.5 Å². The number of ether oxygens (including phenoxy) is 2. The molecular formula is C22H23FN2O4S. The summed E-state index contributed by atoms with van der Waals surface area (Å²) in [7, 11) is 0. The number of nitrogens with one attached hydrogen (secondary N) is 1. The molecule has 0 unspecified atom stereocenters. The van der Waals surface area contributed by atoms with E-state index >= 15 is 0 Å². The Morgan fingerprint density at radius 2 is 1.73 bits per heavy atom. The Bertz CT molecular complexity index is 1030. The van der Waals surface area contributed by atoms with Gasteiger partial charge in [0.25, 0.3) is 0 Å². The fourth-order valence-corrected chi connectivity index (χ4v) is 4.16. The molecule has 1 heterocycles. The van der Waals surface area contributed by atoms with E-state index in [4.69, 9.17) is 9.47 Å². The maximum atomic E-state index is 14.7. The highest BCUT2D eigenvalue weighted by atomic mass is 32.1. The first kappa shape index (κ1) is 21.7. The molecule has 1 atom stereocenters. The van der Waals surface area contributed by atoms with Crippen molar-refractivity contribution in [2.45, 2.75) is 26.8 Å². The molecule has 1 N–H and O–H groups in total. The minimum atomic E-state index is -1.39. The summed E-state index contributed by atoms with van der Waals surface area (Å²) in [6.45, 7) is 5.39. The summed E-state index contributed by atoms with van der Waals surface area (Å²) in [5.41, 5.74) is 1.95. The maximum absolute atomic E-state index is 14.7. The highest BCUT2D eigenvalue weighted by Crippen LogP contribution is 2.35. The van der Waals surface area contributed by atoms with Crippen LogP contribution in [-0.4, -0.2) is 30.1 Å². The van der Waals surface area contributed by atoms with Crippen molar-refractivity contribution in [1.29, 1.82) is 0 Å². The summed E-state index contributed by atoms with van der Waals surface area (Å²) in [6, 6.07) is 10.7. The summed E-state index contributed by atoms with van der Waals surface area (Å²) >= 11 is 1.36. The minimum Gasteiger partial charge on any atom is -0.465 e. The average Bonchev–Trinajstić information content (AvgIpc) is 3.12. The fourth-order valence-electron chi connectivity index (χ4n) is 3.18. The second-order valence-electron chi connectivity index (χ2n) is 6.57. The van der Waals surface area contributed by atoms with Gasteiger partial charge in [-0.05, 0) is 38.5 Å². The molecule has 2 aromatic carbocycles. The predicted octanol–water partition coefficient (Wildman–Crippen LogP) is 4.64. The molecule has 0 spiro atoms. The standard InChI is InChI=1S/C22H23FN2O4S/c1-4-28-20(26)17(21(27)29-5-2)19(14-10-6-7-11-15(14)23)25-22-24-18-13(3)9-8-12-16(18)30-22/h6-12,17,19H,4-5H2,1-3H3,(H,24,25)/t19-/m0/s1. The highest BCUT2D eigenvalue weighted by molar-refractivity contribution is 7.22. The Morgan fingerprint density at radius 3 is 2.33 bits per heavy atom. The van der Waals surface area contributed by atoms with Gasteiger partial charge in [0.1, 0.15) is 5.82 Å². The van der Waals surface area contributed by atoms with Crippen molar-refractivity contribution in [3.8, 4) is 0 Å². The van der Waals surface area contributed by atoms with Crippen molar-refractivity contribution in [2.75, 3.05) is 18.5 Å². The van der Waals surface area contributed by atoms with E-state index in [2.05, 4.69) is 10.3 Å². The van der Waals surface area contributed by atoms with Crippen LogP contribution in [0.5, 0.6) is 0 Å². The lowest BCUT2D eigenvalue weighted by atomic mass is 9.92. The Morgan fingerprint density at radius 1 is 1.07 bits per heavy atom. The van der Waals surface area contributed by atoms with E-state index in [1.807, 2.05) is 25.1 Å². The van der Waals surface area contributed by atoms with Crippen LogP contribution in [0, 0.1) is 18.7 Å². The largest absolute Gasteiger partial charge is 0.465 e. The van der Waals surface area contributed by atoms with Crippen LogP contribution in [0.2, 0.25) is 0 Å². The van der Waals surface area contributed by atoms with Gasteiger partial charge >= 0.3 is 11.9 Å². The molecule has 158 valence electrons. The molecule has 0 bridgehead atoms. The summed E-state index contributed by atoms with van der Waals surface area (Å²) < 4.78 is 25.9. The molecular weight excluding hydrogens is 407 g/mol. The zero-order valence-corrected chi connectivity index (χ0v) is 17.8. The van der Waals surface area contributed by atoms with Gasteiger partial charge in [-0.15, -0.1) is 0 Å². The molecule has 8 heteroatoms. The van der Waals surface area contributed by atoms with Gasteiger partial charge in [0.15, 0.2) is 11.0 Å². The van der Waals surface area contributed by atoms with Gasteiger partial charge in [-0.3, -0.25) is 9.59 Å². The van der Waals surface area contributed by atoms with Crippen molar-refractivity contribution in [3.63, 3.8) is 0 Å². The van der Waals surface area contributed by atoms with Crippen LogP contribution >= 0.6 is 11.3 Å². The number of para-hydroxylation sites is 1. The van der Waals surface area contributed by atoms with Gasteiger partial charge in [0.2, 0.25) is 0 Å². The number of halogens is 1. The quantitative estimate of drug-likeness (QED) is 0.414. The molecule has 0 amide bonds. The second kappa shape index (κ2) is 9.67. The van der Waals surface area contributed by atoms with Gasteiger partial charge < -0.3 is 14.8 Å². The lowest BCUT2D eigenvalue weighted by molar-refractivity contribution is -0.162. The van der Waals surface area contributed by atoms with E-state index in [0.29, 0.717) is 5.13 Å². The Hall–Kier alpha value is -3.00. The number of aromatic nitrogens is 1.